The van der Waals surface area contributed by atoms with Crippen molar-refractivity contribution in [1.82, 2.24) is 10.2 Å². The van der Waals surface area contributed by atoms with Gasteiger partial charge in [0.05, 0.1) is 18.6 Å². The normalized spacial score (nSPS) is 24.8. The van der Waals surface area contributed by atoms with E-state index in [1.54, 1.807) is 13.8 Å². The van der Waals surface area contributed by atoms with Crippen LogP contribution >= 0.6 is 0 Å². The van der Waals surface area contributed by atoms with Gasteiger partial charge in [0.2, 0.25) is 5.91 Å². The van der Waals surface area contributed by atoms with Gasteiger partial charge >= 0.3 is 11.9 Å². The molecule has 0 spiro atoms. The van der Waals surface area contributed by atoms with Crippen LogP contribution in [-0.4, -0.2) is 72.8 Å². The number of nitrogens with zero attached hydrogens (tertiary/aromatic N) is 1. The predicted molar refractivity (Wildman–Crippen MR) is 118 cm³/mol. The van der Waals surface area contributed by atoms with Crippen molar-refractivity contribution in [3.63, 3.8) is 0 Å². The summed E-state index contributed by atoms with van der Waals surface area (Å²) >= 11 is 0. The minimum absolute atomic E-state index is 0.188. The number of benzene rings is 1. The first-order valence-electron chi connectivity index (χ1n) is 11.5. The van der Waals surface area contributed by atoms with Gasteiger partial charge in [-0.3, -0.25) is 9.59 Å². The molecule has 4 unspecified atom stereocenters. The number of carbonyl (C=O) groups is 3. The van der Waals surface area contributed by atoms with Crippen LogP contribution in [-0.2, 0) is 23.9 Å². The van der Waals surface area contributed by atoms with Gasteiger partial charge in [-0.05, 0) is 57.1 Å². The van der Waals surface area contributed by atoms with E-state index in [0.717, 1.165) is 12.0 Å². The van der Waals surface area contributed by atoms with E-state index in [0.29, 0.717) is 45.8 Å². The van der Waals surface area contributed by atoms with Crippen LogP contribution in [0.15, 0.2) is 30.3 Å². The first-order chi connectivity index (χ1) is 15.4. The van der Waals surface area contributed by atoms with Gasteiger partial charge in [0.1, 0.15) is 6.04 Å². The Bertz CT molecular complexity index is 786. The zero-order chi connectivity index (χ0) is 23.1. The Balaban J connectivity index is 1.60. The fourth-order valence-electron chi connectivity index (χ4n) is 4.74. The summed E-state index contributed by atoms with van der Waals surface area (Å²) in [7, 11) is 0. The molecule has 3 rings (SSSR count). The third-order valence-corrected chi connectivity index (χ3v) is 6.56. The van der Waals surface area contributed by atoms with Gasteiger partial charge < -0.3 is 24.8 Å². The maximum Gasteiger partial charge on any atom is 0.326 e. The second-order valence-electron chi connectivity index (χ2n) is 8.64. The number of rotatable bonds is 9. The number of hydrogen-bond acceptors (Lipinski definition) is 6. The standard InChI is InChI=1S/C24H34N2O6/c1-3-32-24(30)20(17-7-5-4-6-8-17)9-11-25-16(2)22(27)26-14-18-10-12-31-15-19(18)13-21(26)23(28)29/h4-8,16,18-21,25H,3,9-15H2,1-2H3,(H,28,29)/t16-,18?,19?,20?,21?/m0/s1. The maximum absolute atomic E-state index is 13.1. The number of carbonyl (C=O) groups excluding carboxylic acids is 2. The number of carboxylic acids is 1. The first-order valence-corrected chi connectivity index (χ1v) is 11.5. The van der Waals surface area contributed by atoms with Crippen molar-refractivity contribution in [2.75, 3.05) is 32.9 Å². The largest absolute Gasteiger partial charge is 0.480 e. The highest BCUT2D eigenvalue weighted by molar-refractivity contribution is 5.87. The van der Waals surface area contributed by atoms with E-state index < -0.39 is 24.0 Å². The number of hydrogen-bond donors (Lipinski definition) is 2. The smallest absolute Gasteiger partial charge is 0.326 e. The third kappa shape index (κ3) is 5.86. The highest BCUT2D eigenvalue weighted by Crippen LogP contribution is 2.33. The fraction of sp³-hybridized carbons (Fsp3) is 0.625. The number of ether oxygens (including phenoxy) is 2. The van der Waals surface area contributed by atoms with Gasteiger partial charge in [-0.2, -0.15) is 0 Å². The molecule has 1 aromatic carbocycles. The van der Waals surface area contributed by atoms with Crippen LogP contribution < -0.4 is 5.32 Å². The Labute approximate surface area is 189 Å². The van der Waals surface area contributed by atoms with Crippen LogP contribution in [0.5, 0.6) is 0 Å². The lowest BCUT2D eigenvalue weighted by atomic mass is 9.79. The molecule has 2 aliphatic heterocycles. The molecule has 2 saturated heterocycles. The van der Waals surface area contributed by atoms with Crippen molar-refractivity contribution in [2.45, 2.75) is 51.1 Å². The average Bonchev–Trinajstić information content (AvgIpc) is 2.81. The quantitative estimate of drug-likeness (QED) is 0.559. The van der Waals surface area contributed by atoms with Crippen molar-refractivity contribution < 1.29 is 29.0 Å². The zero-order valence-corrected chi connectivity index (χ0v) is 18.9. The molecule has 32 heavy (non-hydrogen) atoms. The monoisotopic (exact) mass is 446 g/mol. The lowest BCUT2D eigenvalue weighted by Crippen LogP contribution is -2.58. The molecule has 2 heterocycles. The molecule has 2 fully saturated rings. The second-order valence-corrected chi connectivity index (χ2v) is 8.64. The molecular formula is C24H34N2O6. The lowest BCUT2D eigenvalue weighted by molar-refractivity contribution is -0.158. The highest BCUT2D eigenvalue weighted by atomic mass is 16.5. The van der Waals surface area contributed by atoms with E-state index in [-0.39, 0.29) is 23.7 Å². The molecule has 0 bridgehead atoms. The van der Waals surface area contributed by atoms with E-state index in [1.807, 2.05) is 30.3 Å². The second kappa shape index (κ2) is 11.4. The van der Waals surface area contributed by atoms with Crippen LogP contribution in [0.2, 0.25) is 0 Å². The Morgan fingerprint density at radius 3 is 2.69 bits per heavy atom. The Kier molecular flexibility index (Phi) is 8.64. The van der Waals surface area contributed by atoms with E-state index >= 15 is 0 Å². The molecule has 0 aromatic heterocycles. The minimum atomic E-state index is -0.971. The van der Waals surface area contributed by atoms with E-state index in [9.17, 15) is 19.5 Å². The number of nitrogens with one attached hydrogen (secondary N) is 1. The number of esters is 1. The number of carboxylic acid groups (broad SMARTS) is 1. The predicted octanol–water partition coefficient (Wildman–Crippen LogP) is 2.04. The summed E-state index contributed by atoms with van der Waals surface area (Å²) in [6, 6.07) is 8.07. The van der Waals surface area contributed by atoms with E-state index in [2.05, 4.69) is 5.32 Å². The molecule has 0 aliphatic carbocycles. The minimum Gasteiger partial charge on any atom is -0.480 e. The molecule has 1 amide bonds. The SMILES string of the molecule is CCOC(=O)C(CCN[C@@H](C)C(=O)N1CC2CCOCC2CC1C(=O)O)c1ccccc1. The molecule has 2 N–H and O–H groups in total. The van der Waals surface area contributed by atoms with Crippen LogP contribution in [0.4, 0.5) is 0 Å². The molecule has 2 aliphatic rings. The zero-order valence-electron chi connectivity index (χ0n) is 18.9. The number of piperidine rings is 1. The molecule has 0 radical (unpaired) electrons. The Morgan fingerprint density at radius 2 is 2.00 bits per heavy atom. The fourth-order valence-corrected chi connectivity index (χ4v) is 4.74. The van der Waals surface area contributed by atoms with Gasteiger partial charge in [0.15, 0.2) is 0 Å². The van der Waals surface area contributed by atoms with Crippen molar-refractivity contribution >= 4 is 17.8 Å². The summed E-state index contributed by atoms with van der Waals surface area (Å²) in [4.78, 5) is 39.0. The van der Waals surface area contributed by atoms with Gasteiger partial charge in [-0.25, -0.2) is 4.79 Å². The summed E-state index contributed by atoms with van der Waals surface area (Å²) in [5, 5.41) is 12.9. The summed E-state index contributed by atoms with van der Waals surface area (Å²) in [5.41, 5.74) is 0.874. The molecule has 5 atom stereocenters. The van der Waals surface area contributed by atoms with Crippen LogP contribution in [0.25, 0.3) is 0 Å². The number of amides is 1. The molecule has 1 aromatic rings. The maximum atomic E-state index is 13.1. The van der Waals surface area contributed by atoms with Crippen molar-refractivity contribution in [3.05, 3.63) is 35.9 Å². The summed E-state index contributed by atoms with van der Waals surface area (Å²) in [5.74, 6) is -1.42. The summed E-state index contributed by atoms with van der Waals surface area (Å²) in [6.45, 7) is 5.94. The molecule has 0 saturated carbocycles. The number of aliphatic carboxylic acids is 1. The van der Waals surface area contributed by atoms with Gasteiger partial charge in [-0.15, -0.1) is 0 Å². The average molecular weight is 447 g/mol. The van der Waals surface area contributed by atoms with E-state index in [4.69, 9.17) is 9.47 Å². The number of likely N-dealkylation sites (tertiary alicyclic amines) is 1. The first kappa shape index (κ1) is 24.2. The topological polar surface area (TPSA) is 105 Å². The Morgan fingerprint density at radius 1 is 1.25 bits per heavy atom. The van der Waals surface area contributed by atoms with Gasteiger partial charge in [0.25, 0.3) is 0 Å². The Hall–Kier alpha value is -2.45. The summed E-state index contributed by atoms with van der Waals surface area (Å²) < 4.78 is 10.7. The highest BCUT2D eigenvalue weighted by Gasteiger charge is 2.43. The van der Waals surface area contributed by atoms with Crippen molar-refractivity contribution in [2.24, 2.45) is 11.8 Å². The van der Waals surface area contributed by atoms with Crippen LogP contribution in [0.3, 0.4) is 0 Å². The van der Waals surface area contributed by atoms with Crippen LogP contribution in [0.1, 0.15) is 44.6 Å². The van der Waals surface area contributed by atoms with Crippen molar-refractivity contribution in [3.8, 4) is 0 Å². The molecule has 176 valence electrons. The third-order valence-electron chi connectivity index (χ3n) is 6.56. The molecule has 8 heteroatoms. The van der Waals surface area contributed by atoms with Gasteiger partial charge in [0, 0.05) is 19.8 Å². The summed E-state index contributed by atoms with van der Waals surface area (Å²) in [6.07, 6.45) is 1.75. The number of fused-ring (bicyclic) bond motifs is 1. The molecular weight excluding hydrogens is 412 g/mol. The lowest BCUT2D eigenvalue weighted by Gasteiger charge is -2.45. The van der Waals surface area contributed by atoms with Crippen molar-refractivity contribution in [1.29, 1.82) is 0 Å². The van der Waals surface area contributed by atoms with Gasteiger partial charge in [-0.1, -0.05) is 30.3 Å². The molecule has 8 nitrogen and oxygen atoms in total. The van der Waals surface area contributed by atoms with E-state index in [1.165, 1.54) is 4.90 Å². The van der Waals surface area contributed by atoms with Crippen LogP contribution in [0, 0.1) is 11.8 Å².